The quantitative estimate of drug-likeness (QED) is 0.0521. The number of hydrogen-bond donors (Lipinski definition) is 0. The van der Waals surface area contributed by atoms with Gasteiger partial charge in [-0.05, 0) is 90.3 Å². The van der Waals surface area contributed by atoms with Crippen LogP contribution in [0.3, 0.4) is 0 Å². The molecule has 0 aromatic heterocycles. The maximum atomic E-state index is 13.2. The van der Waals surface area contributed by atoms with Crippen LogP contribution in [0.1, 0.15) is 55.4 Å². The van der Waals surface area contributed by atoms with Crippen LogP contribution >= 0.6 is 29.0 Å². The molecule has 376 valence electrons. The minimum Gasteiger partial charge on any atom is -1.00 e. The second kappa shape index (κ2) is 35.9. The molecular formula is C46H64Cl4O10P4Pt2. The van der Waals surface area contributed by atoms with Crippen LogP contribution in [0.15, 0.2) is 132 Å². The Kier molecular flexibility index (Phi) is 39.4. The van der Waals surface area contributed by atoms with E-state index in [1.807, 2.05) is 24.3 Å². The molecule has 0 saturated carbocycles. The van der Waals surface area contributed by atoms with Gasteiger partial charge in [-0.25, -0.2) is 37.3 Å². The predicted octanol–water partition coefficient (Wildman–Crippen LogP) is -6.00. The zero-order chi connectivity index (χ0) is 47.1. The van der Waals surface area contributed by atoms with Gasteiger partial charge >= 0.3 is 42.1 Å². The van der Waals surface area contributed by atoms with Gasteiger partial charge in [-0.15, -0.1) is 44.8 Å². The molecule has 0 aliphatic rings. The Bertz CT molecular complexity index is 1720. The molecule has 0 saturated heterocycles. The smallest absolute Gasteiger partial charge is 1.00 e. The SMILES string of the molecule is CC[P+](/C=C(/[O-])C[P+](CC)(CC)c1ccccc1)(CC)c1c[c-]ccc1.CC[P+](/C=C(\[O-])C[P+](CC)(CC)c1ccccc1)(CC)c1c[c-]ccc1.[Cl-].[Cl-].[O-][Cl+3]([O-])([O-])[O-].[O-][Cl+3]([O-])([O-])[O-].[Pt+2].[Pt+2]. The number of halogens is 4. The van der Waals surface area contributed by atoms with Gasteiger partial charge in [-0.2, -0.15) is 36.4 Å². The van der Waals surface area contributed by atoms with E-state index in [0.29, 0.717) is 23.8 Å². The van der Waals surface area contributed by atoms with E-state index in [2.05, 4.69) is 164 Å². The van der Waals surface area contributed by atoms with E-state index in [4.69, 9.17) is 37.3 Å². The summed E-state index contributed by atoms with van der Waals surface area (Å²) >= 11 is 0. The molecular weight excluding hydrogens is 1370 g/mol. The number of hydrogen-bond acceptors (Lipinski definition) is 10. The van der Waals surface area contributed by atoms with E-state index in [0.717, 1.165) is 49.3 Å². The van der Waals surface area contributed by atoms with Crippen LogP contribution in [0.4, 0.5) is 0 Å². The Balaban J connectivity index is -0.000000459. The summed E-state index contributed by atoms with van der Waals surface area (Å²) in [6.07, 6.45) is 9.97. The molecule has 0 amide bonds. The zero-order valence-corrected chi connectivity index (χ0v) is 49.8. The molecule has 0 N–H and O–H groups in total. The van der Waals surface area contributed by atoms with E-state index in [1.54, 1.807) is 0 Å². The van der Waals surface area contributed by atoms with Gasteiger partial charge in [0.25, 0.3) is 0 Å². The van der Waals surface area contributed by atoms with Gasteiger partial charge in [-0.1, -0.05) is 47.9 Å². The summed E-state index contributed by atoms with van der Waals surface area (Å²) in [6.45, 7) is 17.9. The Morgan fingerprint density at radius 3 is 0.864 bits per heavy atom. The van der Waals surface area contributed by atoms with Crippen LogP contribution in [0, 0.1) is 32.6 Å². The normalized spacial score (nSPS) is 12.1. The summed E-state index contributed by atoms with van der Waals surface area (Å²) in [6, 6.07) is 44.4. The van der Waals surface area contributed by atoms with Gasteiger partial charge in [0.2, 0.25) is 0 Å². The molecule has 0 aliphatic heterocycles. The molecule has 0 bridgehead atoms. The third-order valence-corrected chi connectivity index (χ3v) is 29.6. The molecule has 10 nitrogen and oxygen atoms in total. The van der Waals surface area contributed by atoms with Crippen molar-refractivity contribution in [3.63, 3.8) is 0 Å². The molecule has 0 aliphatic carbocycles. The first-order chi connectivity index (χ1) is 29.1. The summed E-state index contributed by atoms with van der Waals surface area (Å²) < 4.78 is 67.9. The van der Waals surface area contributed by atoms with E-state index < -0.39 is 49.5 Å². The van der Waals surface area contributed by atoms with Crippen molar-refractivity contribution < 1.29 is 135 Å². The average molecular weight is 1430 g/mol. The van der Waals surface area contributed by atoms with Crippen molar-refractivity contribution in [2.45, 2.75) is 55.4 Å². The number of allylic oxidation sites excluding steroid dienone is 2. The van der Waals surface area contributed by atoms with Crippen LogP contribution in [0.25, 0.3) is 0 Å². The maximum Gasteiger partial charge on any atom is 2.00 e. The third-order valence-electron chi connectivity index (χ3n) is 11.4. The molecule has 66 heavy (non-hydrogen) atoms. The average Bonchev–Trinajstić information content (AvgIpc) is 3.26. The summed E-state index contributed by atoms with van der Waals surface area (Å²) in [5.41, 5.74) is 0. The molecule has 0 spiro atoms. The van der Waals surface area contributed by atoms with Crippen LogP contribution < -0.4 is 93.5 Å². The molecule has 4 rings (SSSR count). The summed E-state index contributed by atoms with van der Waals surface area (Å²) in [5, 5.41) is 31.9. The Hall–Kier alpha value is -0.103. The zero-order valence-electron chi connectivity index (χ0n) is 38.6. The molecule has 4 aromatic carbocycles. The first-order valence-electron chi connectivity index (χ1n) is 20.6. The van der Waals surface area contributed by atoms with Crippen LogP contribution in [0.5, 0.6) is 0 Å². The van der Waals surface area contributed by atoms with Gasteiger partial charge in [0, 0.05) is 40.7 Å². The van der Waals surface area contributed by atoms with Gasteiger partial charge in [0.15, 0.2) is 0 Å². The van der Waals surface area contributed by atoms with Crippen molar-refractivity contribution in [3.05, 3.63) is 144 Å². The minimum absolute atomic E-state index is 0. The minimum atomic E-state index is -4.94. The van der Waals surface area contributed by atoms with E-state index in [9.17, 15) is 10.2 Å². The topological polar surface area (TPSA) is 231 Å². The fourth-order valence-electron chi connectivity index (χ4n) is 7.54. The van der Waals surface area contributed by atoms with E-state index >= 15 is 0 Å². The molecule has 0 atom stereocenters. The maximum absolute atomic E-state index is 13.2. The fourth-order valence-corrected chi connectivity index (χ4v) is 20.5. The van der Waals surface area contributed by atoms with Gasteiger partial charge in [0.1, 0.15) is 0 Å². The second-order valence-corrected chi connectivity index (χ2v) is 32.8. The summed E-state index contributed by atoms with van der Waals surface area (Å²) in [7, 11) is -15.9. The largest absolute Gasteiger partial charge is 2.00 e. The van der Waals surface area contributed by atoms with Crippen molar-refractivity contribution in [1.82, 2.24) is 0 Å². The third kappa shape index (κ3) is 25.3. The van der Waals surface area contributed by atoms with Gasteiger partial charge < -0.3 is 35.0 Å². The fraction of sp³-hybridized carbons (Fsp3) is 0.391. The van der Waals surface area contributed by atoms with Crippen LogP contribution in [-0.2, 0) is 42.1 Å². The van der Waals surface area contributed by atoms with Crippen molar-refractivity contribution >= 4 is 50.3 Å². The second-order valence-electron chi connectivity index (χ2n) is 14.3. The van der Waals surface area contributed by atoms with Crippen molar-refractivity contribution in [2.24, 2.45) is 0 Å². The summed E-state index contributed by atoms with van der Waals surface area (Å²) in [4.78, 5) is 0. The van der Waals surface area contributed by atoms with E-state index in [-0.39, 0.29) is 66.9 Å². The van der Waals surface area contributed by atoms with Crippen molar-refractivity contribution in [1.29, 1.82) is 0 Å². The molecule has 20 heteroatoms. The monoisotopic (exact) mass is 1430 g/mol. The molecule has 0 unspecified atom stereocenters. The van der Waals surface area contributed by atoms with Crippen LogP contribution in [-0.4, -0.2) is 61.6 Å². The Labute approximate surface area is 443 Å². The number of rotatable bonds is 18. The molecule has 0 heterocycles. The first kappa shape index (κ1) is 72.4. The van der Waals surface area contributed by atoms with Gasteiger partial charge in [0.05, 0.1) is 72.2 Å². The Morgan fingerprint density at radius 2 is 0.667 bits per heavy atom. The van der Waals surface area contributed by atoms with Gasteiger partial charge in [-0.3, -0.25) is 0 Å². The Morgan fingerprint density at radius 1 is 0.424 bits per heavy atom. The molecule has 0 radical (unpaired) electrons. The first-order valence-corrected chi connectivity index (χ1v) is 32.2. The predicted molar refractivity (Wildman–Crippen MR) is 240 cm³/mol. The standard InChI is InChI=1S/2C23H32OP2.2ClHO4.2ClH.2Pt/c2*1-5-25(6-2,22-15-11-9-12-16-22)19-21(24)20-26(7-3,8-4)23-17-13-10-14-18-23;2*2-1(3,4)5;;;;/h2*9-13,15-18,20H,5-8,19H2,1-4H3;2*(H,2,3,4,5);2*1H;;/q;;;;;;2*+2/p-4/b21-20+;21-20-;;;;;;. The van der Waals surface area contributed by atoms with Crippen LogP contribution in [0.2, 0.25) is 0 Å². The van der Waals surface area contributed by atoms with E-state index in [1.165, 1.54) is 21.2 Å². The molecule has 4 aromatic rings. The van der Waals surface area contributed by atoms with Crippen molar-refractivity contribution in [2.75, 3.05) is 61.6 Å². The molecule has 0 fully saturated rings. The summed E-state index contributed by atoms with van der Waals surface area (Å²) in [5.74, 6) is 4.98. The van der Waals surface area contributed by atoms with Crippen molar-refractivity contribution in [3.8, 4) is 0 Å². The number of benzene rings is 4.